The third kappa shape index (κ3) is 5.83. The molecule has 1 amide bonds. The van der Waals surface area contributed by atoms with Crippen molar-refractivity contribution in [2.75, 3.05) is 31.8 Å². The molecule has 9 heteroatoms. The van der Waals surface area contributed by atoms with E-state index in [4.69, 9.17) is 16.3 Å². The number of ether oxygens (including phenoxy) is 2. The second-order valence-electron chi connectivity index (χ2n) is 8.01. The van der Waals surface area contributed by atoms with Gasteiger partial charge in [0.25, 0.3) is 5.91 Å². The van der Waals surface area contributed by atoms with E-state index in [1.54, 1.807) is 12.1 Å². The number of hydrazone groups is 1. The number of nitrogens with zero attached hydrogens (tertiary/aromatic N) is 3. The summed E-state index contributed by atoms with van der Waals surface area (Å²) in [6, 6.07) is 14.7. The second kappa shape index (κ2) is 10.7. The van der Waals surface area contributed by atoms with Gasteiger partial charge >= 0.3 is 5.97 Å². The molecule has 2 heterocycles. The van der Waals surface area contributed by atoms with Gasteiger partial charge in [0.15, 0.2) is 6.61 Å². The summed E-state index contributed by atoms with van der Waals surface area (Å²) in [4.78, 5) is 24.3. The zero-order valence-corrected chi connectivity index (χ0v) is 19.3. The Morgan fingerprint density at radius 2 is 1.76 bits per heavy atom. The number of hydrazine groups is 1. The first kappa shape index (κ1) is 23.1. The molecule has 174 valence electrons. The maximum absolute atomic E-state index is 13.0. The normalized spacial score (nSPS) is 18.5. The number of hydrogen-bond acceptors (Lipinski definition) is 7. The molecule has 0 radical (unpaired) electrons. The smallest absolute Gasteiger partial charge is 0.343 e. The topological polar surface area (TPSA) is 83.5 Å². The lowest BCUT2D eigenvalue weighted by molar-refractivity contribution is -0.142. The van der Waals surface area contributed by atoms with Crippen molar-refractivity contribution in [3.05, 3.63) is 59.1 Å². The van der Waals surface area contributed by atoms with Crippen LogP contribution in [-0.4, -0.2) is 49.4 Å². The Balaban J connectivity index is 1.53. The summed E-state index contributed by atoms with van der Waals surface area (Å²) in [6.45, 7) is 1.55. The lowest BCUT2D eigenvalue weighted by Gasteiger charge is -2.26. The quantitative estimate of drug-likeness (QED) is 0.621. The number of rotatable bonds is 7. The molecule has 1 N–H and O–H groups in total. The average molecular weight is 471 g/mol. The van der Waals surface area contributed by atoms with Crippen LogP contribution in [0.2, 0.25) is 5.02 Å². The molecule has 33 heavy (non-hydrogen) atoms. The van der Waals surface area contributed by atoms with Gasteiger partial charge in [-0.1, -0.05) is 30.2 Å². The zero-order chi connectivity index (χ0) is 23.2. The molecule has 1 saturated heterocycles. The highest BCUT2D eigenvalue weighted by molar-refractivity contribution is 6.39. The molecule has 2 aromatic rings. The maximum atomic E-state index is 13.0. The van der Waals surface area contributed by atoms with E-state index >= 15 is 0 Å². The van der Waals surface area contributed by atoms with Crippen LogP contribution >= 0.6 is 11.6 Å². The predicted molar refractivity (Wildman–Crippen MR) is 126 cm³/mol. The number of esters is 1. The summed E-state index contributed by atoms with van der Waals surface area (Å²) in [5.41, 5.74) is 5.30. The van der Waals surface area contributed by atoms with E-state index in [-0.39, 0.29) is 18.6 Å². The number of amides is 1. The van der Waals surface area contributed by atoms with Crippen molar-refractivity contribution in [3.63, 3.8) is 0 Å². The lowest BCUT2D eigenvalue weighted by Crippen LogP contribution is -2.47. The first-order chi connectivity index (χ1) is 16.0. The number of hydrogen-bond donors (Lipinski definition) is 1. The number of halogens is 1. The van der Waals surface area contributed by atoms with Gasteiger partial charge in [-0.25, -0.2) is 9.80 Å². The van der Waals surface area contributed by atoms with Gasteiger partial charge in [0.05, 0.1) is 18.8 Å². The summed E-state index contributed by atoms with van der Waals surface area (Å²) < 4.78 is 10.0. The largest absolute Gasteiger partial charge is 0.482 e. The average Bonchev–Trinajstić information content (AvgIpc) is 3.29. The van der Waals surface area contributed by atoms with Crippen LogP contribution in [0.15, 0.2) is 53.6 Å². The number of carbonyl (C=O) groups excluding carboxylic acids is 2. The Hall–Kier alpha value is -3.10. The van der Waals surface area contributed by atoms with Crippen molar-refractivity contribution in [2.24, 2.45) is 5.10 Å². The molecule has 2 aliphatic rings. The molecule has 2 aromatic carbocycles. The highest BCUT2D eigenvalue weighted by Crippen LogP contribution is 2.36. The van der Waals surface area contributed by atoms with Crippen LogP contribution in [-0.2, 0) is 14.3 Å². The SMILES string of the molecule is COC(=O)COc1ccc(N2N=C(C(=O)NN3CCCCC3)CC2c2ccc(Cl)cc2)cc1. The molecule has 1 atom stereocenters. The standard InChI is InChI=1S/C24H27ClN4O4/c1-32-23(30)16-33-20-11-9-19(10-12-20)29-22(17-5-7-18(25)8-6-17)15-21(26-29)24(31)27-28-13-3-2-4-14-28/h5-12,22H,2-4,13-16H2,1H3,(H,27,31). The van der Waals surface area contributed by atoms with Crippen LogP contribution in [0.25, 0.3) is 0 Å². The molecule has 0 aromatic heterocycles. The Morgan fingerprint density at radius 1 is 1.06 bits per heavy atom. The van der Waals surface area contributed by atoms with Crippen LogP contribution < -0.4 is 15.2 Å². The number of anilines is 1. The fraction of sp³-hybridized carbons (Fsp3) is 0.375. The van der Waals surface area contributed by atoms with E-state index in [2.05, 4.69) is 15.3 Å². The molecule has 4 rings (SSSR count). The summed E-state index contributed by atoms with van der Waals surface area (Å²) in [5, 5.41) is 9.16. The van der Waals surface area contributed by atoms with Gasteiger partial charge in [0.1, 0.15) is 11.5 Å². The van der Waals surface area contributed by atoms with E-state index in [0.717, 1.165) is 37.2 Å². The zero-order valence-electron chi connectivity index (χ0n) is 18.5. The highest BCUT2D eigenvalue weighted by atomic mass is 35.5. The Bertz CT molecular complexity index is 1000. The van der Waals surface area contributed by atoms with E-state index in [1.165, 1.54) is 13.5 Å². The van der Waals surface area contributed by atoms with Gasteiger partial charge in [-0.15, -0.1) is 0 Å². The number of nitrogens with one attached hydrogen (secondary N) is 1. The Labute approximate surface area is 198 Å². The number of carbonyl (C=O) groups is 2. The Morgan fingerprint density at radius 3 is 2.42 bits per heavy atom. The fourth-order valence-corrected chi connectivity index (χ4v) is 4.07. The highest BCUT2D eigenvalue weighted by Gasteiger charge is 2.33. The van der Waals surface area contributed by atoms with Crippen molar-refractivity contribution in [3.8, 4) is 5.75 Å². The molecule has 0 spiro atoms. The van der Waals surface area contributed by atoms with Crippen molar-refractivity contribution in [2.45, 2.75) is 31.7 Å². The van der Waals surface area contributed by atoms with Crippen LogP contribution in [0, 0.1) is 0 Å². The molecule has 1 fully saturated rings. The van der Waals surface area contributed by atoms with Crippen LogP contribution in [0.1, 0.15) is 37.3 Å². The first-order valence-corrected chi connectivity index (χ1v) is 11.4. The molecule has 8 nitrogen and oxygen atoms in total. The van der Waals surface area contributed by atoms with Crippen molar-refractivity contribution >= 4 is 34.9 Å². The third-order valence-electron chi connectivity index (χ3n) is 5.73. The van der Waals surface area contributed by atoms with E-state index in [9.17, 15) is 9.59 Å². The van der Waals surface area contributed by atoms with Gasteiger partial charge < -0.3 is 9.47 Å². The van der Waals surface area contributed by atoms with E-state index < -0.39 is 5.97 Å². The van der Waals surface area contributed by atoms with Gasteiger partial charge in [-0.3, -0.25) is 15.2 Å². The van der Waals surface area contributed by atoms with Crippen molar-refractivity contribution < 1.29 is 19.1 Å². The maximum Gasteiger partial charge on any atom is 0.343 e. The minimum Gasteiger partial charge on any atom is -0.482 e. The van der Waals surface area contributed by atoms with Crippen molar-refractivity contribution in [1.29, 1.82) is 0 Å². The third-order valence-corrected chi connectivity index (χ3v) is 5.98. The van der Waals surface area contributed by atoms with Gasteiger partial charge in [-0.05, 0) is 54.8 Å². The number of benzene rings is 2. The monoisotopic (exact) mass is 470 g/mol. The molecule has 2 aliphatic heterocycles. The molecule has 0 aliphatic carbocycles. The lowest BCUT2D eigenvalue weighted by atomic mass is 10.0. The van der Waals surface area contributed by atoms with Crippen molar-refractivity contribution in [1.82, 2.24) is 10.4 Å². The Kier molecular flexibility index (Phi) is 7.47. The second-order valence-corrected chi connectivity index (χ2v) is 8.45. The molecule has 0 saturated carbocycles. The summed E-state index contributed by atoms with van der Waals surface area (Å²) in [6.07, 6.45) is 3.83. The minimum atomic E-state index is -0.449. The molecular weight excluding hydrogens is 444 g/mol. The summed E-state index contributed by atoms with van der Waals surface area (Å²) in [7, 11) is 1.32. The summed E-state index contributed by atoms with van der Waals surface area (Å²) in [5.74, 6) is -0.0785. The van der Waals surface area contributed by atoms with Crippen LogP contribution in [0.5, 0.6) is 5.75 Å². The van der Waals surface area contributed by atoms with Crippen LogP contribution in [0.4, 0.5) is 5.69 Å². The van der Waals surface area contributed by atoms with Gasteiger partial charge in [0.2, 0.25) is 0 Å². The predicted octanol–water partition coefficient (Wildman–Crippen LogP) is 3.72. The number of piperidine rings is 1. The first-order valence-electron chi connectivity index (χ1n) is 11.0. The van der Waals surface area contributed by atoms with E-state index in [1.807, 2.05) is 46.4 Å². The van der Waals surface area contributed by atoms with E-state index in [0.29, 0.717) is 22.9 Å². The van der Waals surface area contributed by atoms with Gasteiger partial charge in [0, 0.05) is 24.5 Å². The van der Waals surface area contributed by atoms with Gasteiger partial charge in [-0.2, -0.15) is 5.10 Å². The molecule has 1 unspecified atom stereocenters. The van der Waals surface area contributed by atoms with Crippen LogP contribution in [0.3, 0.4) is 0 Å². The molecular formula is C24H27ClN4O4. The summed E-state index contributed by atoms with van der Waals surface area (Å²) >= 11 is 6.08. The fourth-order valence-electron chi connectivity index (χ4n) is 3.94. The number of methoxy groups -OCH3 is 1. The minimum absolute atomic E-state index is 0.147. The molecule has 0 bridgehead atoms.